The van der Waals surface area contributed by atoms with Crippen LogP contribution in [0.15, 0.2) is 0 Å². The fourth-order valence-electron chi connectivity index (χ4n) is 2.75. The van der Waals surface area contributed by atoms with E-state index >= 15 is 0 Å². The average molecular weight is 233 g/mol. The lowest BCUT2D eigenvalue weighted by Crippen LogP contribution is -2.51. The van der Waals surface area contributed by atoms with E-state index < -0.39 is 0 Å². The standard InChI is InChI=1S/C13H29NO.H2O/c1-5-8-12(11(4)15)13(14,9-6-2)10-7-3;/h11-12,15H,5-10,14H2,1-4H3;1H2. The van der Waals surface area contributed by atoms with E-state index in [0.29, 0.717) is 0 Å². The normalized spacial score (nSPS) is 15.4. The maximum atomic E-state index is 9.85. The van der Waals surface area contributed by atoms with Gasteiger partial charge in [-0.1, -0.05) is 40.0 Å². The first-order chi connectivity index (χ1) is 7.01. The van der Waals surface area contributed by atoms with Crippen LogP contribution in [-0.2, 0) is 0 Å². The van der Waals surface area contributed by atoms with Gasteiger partial charge in [-0.25, -0.2) is 0 Å². The first-order valence-electron chi connectivity index (χ1n) is 6.48. The van der Waals surface area contributed by atoms with Crippen molar-refractivity contribution in [1.29, 1.82) is 0 Å². The van der Waals surface area contributed by atoms with Crippen LogP contribution in [0.3, 0.4) is 0 Å². The van der Waals surface area contributed by atoms with Gasteiger partial charge in [0.2, 0.25) is 0 Å². The summed E-state index contributed by atoms with van der Waals surface area (Å²) < 4.78 is 0. The van der Waals surface area contributed by atoms with Gasteiger partial charge >= 0.3 is 0 Å². The van der Waals surface area contributed by atoms with Gasteiger partial charge in [-0.05, 0) is 26.2 Å². The molecule has 0 fully saturated rings. The van der Waals surface area contributed by atoms with E-state index in [1.807, 2.05) is 6.92 Å². The summed E-state index contributed by atoms with van der Waals surface area (Å²) in [5.41, 5.74) is 6.33. The average Bonchev–Trinajstić information content (AvgIpc) is 2.14. The molecule has 0 aromatic heterocycles. The second-order valence-corrected chi connectivity index (χ2v) is 4.87. The zero-order valence-corrected chi connectivity index (χ0v) is 11.4. The minimum Gasteiger partial charge on any atom is -0.412 e. The second-order valence-electron chi connectivity index (χ2n) is 4.87. The van der Waals surface area contributed by atoms with Crippen LogP contribution in [0.1, 0.15) is 66.2 Å². The molecular weight excluding hydrogens is 202 g/mol. The molecule has 0 amide bonds. The highest BCUT2D eigenvalue weighted by Gasteiger charge is 2.35. The molecule has 0 aliphatic carbocycles. The van der Waals surface area contributed by atoms with Gasteiger partial charge in [-0.15, -0.1) is 0 Å². The molecule has 100 valence electrons. The Morgan fingerprint density at radius 1 is 1.06 bits per heavy atom. The van der Waals surface area contributed by atoms with Gasteiger partial charge in [0.25, 0.3) is 0 Å². The van der Waals surface area contributed by atoms with Crippen molar-refractivity contribution in [2.75, 3.05) is 0 Å². The van der Waals surface area contributed by atoms with Gasteiger partial charge in [0.15, 0.2) is 0 Å². The van der Waals surface area contributed by atoms with Crippen molar-refractivity contribution >= 4 is 0 Å². The monoisotopic (exact) mass is 233 g/mol. The summed E-state index contributed by atoms with van der Waals surface area (Å²) in [4.78, 5) is 0. The minimum atomic E-state index is -0.284. The lowest BCUT2D eigenvalue weighted by molar-refractivity contribution is 0.0564. The topological polar surface area (TPSA) is 77.8 Å². The third-order valence-corrected chi connectivity index (χ3v) is 3.35. The quantitative estimate of drug-likeness (QED) is 0.674. The van der Waals surface area contributed by atoms with Crippen LogP contribution in [0.5, 0.6) is 0 Å². The Kier molecular flexibility index (Phi) is 10.2. The molecule has 0 bridgehead atoms. The van der Waals surface area contributed by atoms with E-state index in [2.05, 4.69) is 20.8 Å². The Hall–Kier alpha value is -0.120. The molecule has 16 heavy (non-hydrogen) atoms. The number of rotatable bonds is 8. The number of hydrogen-bond donors (Lipinski definition) is 2. The van der Waals surface area contributed by atoms with Gasteiger partial charge in [0.1, 0.15) is 0 Å². The van der Waals surface area contributed by atoms with E-state index in [0.717, 1.165) is 38.5 Å². The summed E-state index contributed by atoms with van der Waals surface area (Å²) in [6.45, 7) is 8.38. The van der Waals surface area contributed by atoms with E-state index in [4.69, 9.17) is 5.73 Å². The fourth-order valence-corrected chi connectivity index (χ4v) is 2.75. The zero-order valence-electron chi connectivity index (χ0n) is 11.4. The predicted molar refractivity (Wildman–Crippen MR) is 70.4 cm³/mol. The van der Waals surface area contributed by atoms with E-state index in [1.54, 1.807) is 0 Å². The SMILES string of the molecule is CCCC(C(C)O)C(N)(CCC)CCC.O. The summed E-state index contributed by atoms with van der Waals surface area (Å²) >= 11 is 0. The Labute approximate surface area is 101 Å². The Balaban J connectivity index is 0. The molecule has 5 N–H and O–H groups in total. The molecule has 0 aromatic carbocycles. The Morgan fingerprint density at radius 3 is 1.75 bits per heavy atom. The predicted octanol–water partition coefficient (Wildman–Crippen LogP) is 2.26. The molecule has 2 atom stereocenters. The van der Waals surface area contributed by atoms with E-state index in [9.17, 15) is 5.11 Å². The summed E-state index contributed by atoms with van der Waals surface area (Å²) in [7, 11) is 0. The van der Waals surface area contributed by atoms with E-state index in [1.165, 1.54) is 0 Å². The lowest BCUT2D eigenvalue weighted by Gasteiger charge is -2.39. The first kappa shape index (κ1) is 18.3. The minimum absolute atomic E-state index is 0. The summed E-state index contributed by atoms with van der Waals surface area (Å²) in [5.74, 6) is 0.252. The molecule has 2 unspecified atom stereocenters. The van der Waals surface area contributed by atoms with Crippen LogP contribution < -0.4 is 5.73 Å². The highest BCUT2D eigenvalue weighted by atomic mass is 16.3. The zero-order chi connectivity index (χ0) is 11.9. The summed E-state index contributed by atoms with van der Waals surface area (Å²) in [6, 6.07) is 0. The van der Waals surface area contributed by atoms with Crippen molar-refractivity contribution in [2.24, 2.45) is 11.7 Å². The van der Waals surface area contributed by atoms with Crippen molar-refractivity contribution in [1.82, 2.24) is 0 Å². The summed E-state index contributed by atoms with van der Waals surface area (Å²) in [5, 5.41) is 9.85. The van der Waals surface area contributed by atoms with Gasteiger partial charge in [-0.2, -0.15) is 0 Å². The second kappa shape index (κ2) is 8.97. The fraction of sp³-hybridized carbons (Fsp3) is 1.00. The number of aliphatic hydroxyl groups is 1. The van der Waals surface area contributed by atoms with E-state index in [-0.39, 0.29) is 23.0 Å². The van der Waals surface area contributed by atoms with Gasteiger partial charge < -0.3 is 16.3 Å². The maximum Gasteiger partial charge on any atom is 0.0557 e. The maximum absolute atomic E-state index is 9.85. The molecule has 0 heterocycles. The van der Waals surface area contributed by atoms with Crippen molar-refractivity contribution < 1.29 is 10.6 Å². The van der Waals surface area contributed by atoms with Crippen LogP contribution in [0.25, 0.3) is 0 Å². The van der Waals surface area contributed by atoms with Crippen molar-refractivity contribution in [2.45, 2.75) is 77.9 Å². The highest BCUT2D eigenvalue weighted by Crippen LogP contribution is 2.31. The van der Waals surface area contributed by atoms with Crippen LogP contribution in [-0.4, -0.2) is 22.2 Å². The van der Waals surface area contributed by atoms with Crippen LogP contribution >= 0.6 is 0 Å². The molecule has 0 aliphatic heterocycles. The molecule has 0 spiro atoms. The molecule has 0 saturated heterocycles. The molecule has 0 aliphatic rings. The van der Waals surface area contributed by atoms with Crippen LogP contribution in [0.4, 0.5) is 0 Å². The molecule has 0 saturated carbocycles. The van der Waals surface area contributed by atoms with Crippen LogP contribution in [0, 0.1) is 5.92 Å². The summed E-state index contributed by atoms with van der Waals surface area (Å²) in [6.07, 6.45) is 6.10. The number of hydrogen-bond acceptors (Lipinski definition) is 2. The Bertz CT molecular complexity index is 154. The first-order valence-corrected chi connectivity index (χ1v) is 6.48. The van der Waals surface area contributed by atoms with Crippen molar-refractivity contribution in [3.8, 4) is 0 Å². The van der Waals surface area contributed by atoms with Gasteiger partial charge in [0.05, 0.1) is 6.10 Å². The molecule has 3 nitrogen and oxygen atoms in total. The van der Waals surface area contributed by atoms with Gasteiger partial charge in [0, 0.05) is 11.5 Å². The molecule has 3 heteroatoms. The van der Waals surface area contributed by atoms with Crippen LogP contribution in [0.2, 0.25) is 0 Å². The van der Waals surface area contributed by atoms with Crippen molar-refractivity contribution in [3.05, 3.63) is 0 Å². The Morgan fingerprint density at radius 2 is 1.50 bits per heavy atom. The molecular formula is C13H31NO2. The molecule has 0 rings (SSSR count). The molecule has 0 radical (unpaired) electrons. The third-order valence-electron chi connectivity index (χ3n) is 3.35. The molecule has 0 aromatic rings. The number of aliphatic hydroxyl groups excluding tert-OH is 1. The van der Waals surface area contributed by atoms with Crippen molar-refractivity contribution in [3.63, 3.8) is 0 Å². The third kappa shape index (κ3) is 5.28. The smallest absolute Gasteiger partial charge is 0.0557 e. The number of nitrogens with two attached hydrogens (primary N) is 1. The highest BCUT2D eigenvalue weighted by molar-refractivity contribution is 4.92. The lowest BCUT2D eigenvalue weighted by atomic mass is 9.73. The van der Waals surface area contributed by atoms with Gasteiger partial charge in [-0.3, -0.25) is 0 Å². The largest absolute Gasteiger partial charge is 0.412 e.